The first-order valence-corrected chi connectivity index (χ1v) is 10.3. The number of aromatic nitrogens is 3. The summed E-state index contributed by atoms with van der Waals surface area (Å²) < 4.78 is 1.74. The van der Waals surface area contributed by atoms with Crippen molar-refractivity contribution in [3.8, 4) is 20.9 Å². The van der Waals surface area contributed by atoms with Gasteiger partial charge in [0.1, 0.15) is 5.65 Å². The van der Waals surface area contributed by atoms with Gasteiger partial charge < -0.3 is 5.32 Å². The number of hydrogen-bond donors (Lipinski definition) is 1. The van der Waals surface area contributed by atoms with E-state index in [9.17, 15) is 4.79 Å². The van der Waals surface area contributed by atoms with Crippen molar-refractivity contribution in [1.29, 1.82) is 0 Å². The Bertz CT molecular complexity index is 1190. The Balaban J connectivity index is 1.90. The Labute approximate surface area is 167 Å². The van der Waals surface area contributed by atoms with Crippen LogP contribution in [0.15, 0.2) is 53.3 Å². The normalized spacial score (nSPS) is 11.1. The van der Waals surface area contributed by atoms with Gasteiger partial charge >= 0.3 is 0 Å². The molecule has 0 amide bonds. The lowest BCUT2D eigenvalue weighted by molar-refractivity contribution is 0.750. The summed E-state index contributed by atoms with van der Waals surface area (Å²) in [6.45, 7) is 7.22. The molecule has 28 heavy (non-hydrogen) atoms. The van der Waals surface area contributed by atoms with Crippen molar-refractivity contribution in [2.45, 2.75) is 27.3 Å². The zero-order chi connectivity index (χ0) is 19.7. The average molecular weight is 391 g/mol. The molecule has 4 aromatic rings. The number of benzene rings is 1. The van der Waals surface area contributed by atoms with Crippen LogP contribution in [-0.4, -0.2) is 21.1 Å². The van der Waals surface area contributed by atoms with Crippen LogP contribution in [0.1, 0.15) is 19.5 Å². The van der Waals surface area contributed by atoms with Gasteiger partial charge in [0.25, 0.3) is 5.56 Å². The molecule has 0 radical (unpaired) electrons. The number of anilines is 1. The highest BCUT2D eigenvalue weighted by molar-refractivity contribution is 7.18. The van der Waals surface area contributed by atoms with Crippen molar-refractivity contribution in [2.24, 2.45) is 0 Å². The first kappa shape index (κ1) is 18.4. The molecule has 0 aliphatic heterocycles. The first-order valence-electron chi connectivity index (χ1n) is 9.44. The summed E-state index contributed by atoms with van der Waals surface area (Å²) in [5, 5.41) is 4.05. The Hall–Kier alpha value is -2.99. The van der Waals surface area contributed by atoms with E-state index in [4.69, 9.17) is 0 Å². The fourth-order valence-corrected chi connectivity index (χ4v) is 4.36. The van der Waals surface area contributed by atoms with Crippen molar-refractivity contribution in [2.75, 3.05) is 11.9 Å². The zero-order valence-electron chi connectivity index (χ0n) is 16.2. The minimum absolute atomic E-state index is 0.0167. The van der Waals surface area contributed by atoms with Crippen LogP contribution in [0.2, 0.25) is 0 Å². The summed E-state index contributed by atoms with van der Waals surface area (Å²) in [4.78, 5) is 24.5. The van der Waals surface area contributed by atoms with Gasteiger partial charge in [0.2, 0.25) is 5.95 Å². The number of pyridine rings is 1. The van der Waals surface area contributed by atoms with Crippen LogP contribution in [0.3, 0.4) is 0 Å². The van der Waals surface area contributed by atoms with Crippen molar-refractivity contribution < 1.29 is 0 Å². The predicted octanol–water partition coefficient (Wildman–Crippen LogP) is 4.95. The lowest BCUT2D eigenvalue weighted by Gasteiger charge is -2.13. The third-order valence-corrected chi connectivity index (χ3v) is 5.88. The van der Waals surface area contributed by atoms with Crippen molar-refractivity contribution in [3.63, 3.8) is 0 Å². The Morgan fingerprint density at radius 1 is 1.04 bits per heavy atom. The number of hydrogen-bond acceptors (Lipinski definition) is 5. The maximum Gasteiger partial charge on any atom is 0.260 e. The third kappa shape index (κ3) is 3.20. The SMILES string of the molecule is CCNc1nc(C)c2cc(-c3ccc(-c4ccccc4)s3)c(=O)n(CC)c2n1. The van der Waals surface area contributed by atoms with Crippen LogP contribution in [0.4, 0.5) is 5.95 Å². The van der Waals surface area contributed by atoms with Gasteiger partial charge in [-0.1, -0.05) is 30.3 Å². The molecule has 3 heterocycles. The van der Waals surface area contributed by atoms with Gasteiger partial charge in [0, 0.05) is 28.2 Å². The predicted molar refractivity (Wildman–Crippen MR) is 117 cm³/mol. The van der Waals surface area contributed by atoms with Gasteiger partial charge in [-0.2, -0.15) is 4.98 Å². The molecule has 142 valence electrons. The second-order valence-corrected chi connectivity index (χ2v) is 7.62. The molecule has 0 aliphatic carbocycles. The molecule has 0 saturated carbocycles. The molecule has 0 atom stereocenters. The van der Waals surface area contributed by atoms with E-state index in [1.807, 2.05) is 51.1 Å². The number of nitrogens with one attached hydrogen (secondary N) is 1. The molecule has 0 spiro atoms. The molecule has 0 unspecified atom stereocenters. The van der Waals surface area contributed by atoms with E-state index < -0.39 is 0 Å². The Morgan fingerprint density at radius 3 is 2.50 bits per heavy atom. The van der Waals surface area contributed by atoms with Crippen LogP contribution < -0.4 is 10.9 Å². The Kier molecular flexibility index (Phi) is 4.96. The average Bonchev–Trinajstić information content (AvgIpc) is 3.19. The van der Waals surface area contributed by atoms with E-state index in [2.05, 4.69) is 33.5 Å². The van der Waals surface area contributed by atoms with Gasteiger partial charge in [-0.3, -0.25) is 9.36 Å². The van der Waals surface area contributed by atoms with Crippen LogP contribution in [0.25, 0.3) is 31.9 Å². The molecule has 5 nitrogen and oxygen atoms in total. The van der Waals surface area contributed by atoms with Crippen molar-refractivity contribution >= 4 is 28.3 Å². The van der Waals surface area contributed by atoms with Gasteiger partial charge in [0.15, 0.2) is 0 Å². The summed E-state index contributed by atoms with van der Waals surface area (Å²) in [7, 11) is 0. The molecule has 1 aromatic carbocycles. The van der Waals surface area contributed by atoms with Gasteiger partial charge in [-0.05, 0) is 44.5 Å². The highest BCUT2D eigenvalue weighted by Gasteiger charge is 2.16. The van der Waals surface area contributed by atoms with Crippen LogP contribution >= 0.6 is 11.3 Å². The van der Waals surface area contributed by atoms with E-state index >= 15 is 0 Å². The van der Waals surface area contributed by atoms with E-state index in [0.29, 0.717) is 23.7 Å². The maximum absolute atomic E-state index is 13.2. The van der Waals surface area contributed by atoms with Gasteiger partial charge in [0.05, 0.1) is 11.3 Å². The number of thiophene rings is 1. The topological polar surface area (TPSA) is 59.8 Å². The van der Waals surface area contributed by atoms with Crippen LogP contribution in [0, 0.1) is 6.92 Å². The highest BCUT2D eigenvalue weighted by Crippen LogP contribution is 2.34. The Morgan fingerprint density at radius 2 is 1.79 bits per heavy atom. The van der Waals surface area contributed by atoms with E-state index in [-0.39, 0.29) is 5.56 Å². The zero-order valence-corrected chi connectivity index (χ0v) is 17.0. The van der Waals surface area contributed by atoms with Crippen LogP contribution in [-0.2, 0) is 6.54 Å². The molecule has 3 aromatic heterocycles. The van der Waals surface area contributed by atoms with Gasteiger partial charge in [-0.15, -0.1) is 11.3 Å². The summed E-state index contributed by atoms with van der Waals surface area (Å²) >= 11 is 1.63. The quantitative estimate of drug-likeness (QED) is 0.524. The largest absolute Gasteiger partial charge is 0.354 e. The van der Waals surface area contributed by atoms with E-state index in [0.717, 1.165) is 32.9 Å². The molecule has 0 fully saturated rings. The highest BCUT2D eigenvalue weighted by atomic mass is 32.1. The number of rotatable bonds is 5. The molecule has 0 saturated heterocycles. The lowest BCUT2D eigenvalue weighted by Crippen LogP contribution is -2.22. The number of aryl methyl sites for hydroxylation is 2. The summed E-state index contributed by atoms with van der Waals surface area (Å²) in [5.41, 5.74) is 3.38. The summed E-state index contributed by atoms with van der Waals surface area (Å²) in [6.07, 6.45) is 0. The number of fused-ring (bicyclic) bond motifs is 1. The van der Waals surface area contributed by atoms with Crippen LogP contribution in [0.5, 0.6) is 0 Å². The van der Waals surface area contributed by atoms with Crippen molar-refractivity contribution in [3.05, 3.63) is 64.6 Å². The number of nitrogens with zero attached hydrogens (tertiary/aromatic N) is 3. The monoisotopic (exact) mass is 390 g/mol. The molecular formula is C22H22N4OS. The maximum atomic E-state index is 13.2. The second-order valence-electron chi connectivity index (χ2n) is 6.54. The molecule has 0 bridgehead atoms. The minimum atomic E-state index is -0.0167. The molecule has 1 N–H and O–H groups in total. The van der Waals surface area contributed by atoms with E-state index in [1.54, 1.807) is 15.9 Å². The van der Waals surface area contributed by atoms with E-state index in [1.165, 1.54) is 0 Å². The summed E-state index contributed by atoms with van der Waals surface area (Å²) in [6, 6.07) is 16.3. The second kappa shape index (κ2) is 7.56. The van der Waals surface area contributed by atoms with Gasteiger partial charge in [-0.25, -0.2) is 4.98 Å². The van der Waals surface area contributed by atoms with Crippen molar-refractivity contribution in [1.82, 2.24) is 14.5 Å². The summed E-state index contributed by atoms with van der Waals surface area (Å²) in [5.74, 6) is 0.560. The molecule has 0 aliphatic rings. The third-order valence-electron chi connectivity index (χ3n) is 4.72. The smallest absolute Gasteiger partial charge is 0.260 e. The lowest BCUT2D eigenvalue weighted by atomic mass is 10.1. The minimum Gasteiger partial charge on any atom is -0.354 e. The molecule has 6 heteroatoms. The fraction of sp³-hybridized carbons (Fsp3) is 0.227. The molecule has 4 rings (SSSR count). The fourth-order valence-electron chi connectivity index (χ4n) is 3.34. The molecular weight excluding hydrogens is 368 g/mol. The standard InChI is InChI=1S/C22H22N4OS/c1-4-23-22-24-14(3)16-13-17(21(27)26(5-2)20(16)25-22)19-12-11-18(28-19)15-9-7-6-8-10-15/h6-13H,4-5H2,1-3H3,(H,23,24,25). The first-order chi connectivity index (χ1) is 13.6.